The highest BCUT2D eigenvalue weighted by Gasteiger charge is 2.19. The van der Waals surface area contributed by atoms with E-state index in [9.17, 15) is 0 Å². The number of aromatic nitrogens is 4. The van der Waals surface area contributed by atoms with E-state index in [1.54, 1.807) is 0 Å². The van der Waals surface area contributed by atoms with Crippen molar-refractivity contribution in [2.45, 2.75) is 0 Å². The van der Waals surface area contributed by atoms with Crippen LogP contribution in [0, 0.1) is 0 Å². The number of benzene rings is 5. The third kappa shape index (κ3) is 2.90. The number of fused-ring (bicyclic) bond motifs is 11. The highest BCUT2D eigenvalue weighted by molar-refractivity contribution is 6.20. The monoisotopic (exact) mass is 510 g/mol. The number of hydrogen-bond acceptors (Lipinski definition) is 2. The fraction of sp³-hybridized carbons (Fsp3) is 0. The average Bonchev–Trinajstić information content (AvgIpc) is 3.57. The van der Waals surface area contributed by atoms with Gasteiger partial charge in [-0.15, -0.1) is 0 Å². The van der Waals surface area contributed by atoms with Crippen molar-refractivity contribution in [3.05, 3.63) is 133 Å². The molecule has 40 heavy (non-hydrogen) atoms. The van der Waals surface area contributed by atoms with E-state index in [0.717, 1.165) is 55.7 Å². The Kier molecular flexibility index (Phi) is 4.30. The van der Waals surface area contributed by atoms with Crippen LogP contribution in [0.2, 0.25) is 0 Å². The minimum Gasteiger partial charge on any atom is -0.294 e. The van der Waals surface area contributed by atoms with Crippen LogP contribution in [0.15, 0.2) is 133 Å². The topological polar surface area (TPSA) is 35.1 Å². The molecule has 0 bridgehead atoms. The molecule has 186 valence electrons. The summed E-state index contributed by atoms with van der Waals surface area (Å²) >= 11 is 0. The maximum atomic E-state index is 5.16. The van der Waals surface area contributed by atoms with Crippen molar-refractivity contribution in [2.24, 2.45) is 0 Å². The fourth-order valence-electron chi connectivity index (χ4n) is 6.33. The van der Waals surface area contributed by atoms with Gasteiger partial charge in [-0.1, -0.05) is 91.0 Å². The molecule has 4 nitrogen and oxygen atoms in total. The van der Waals surface area contributed by atoms with Gasteiger partial charge >= 0.3 is 0 Å². The first-order valence-corrected chi connectivity index (χ1v) is 13.5. The Morgan fingerprint density at radius 3 is 1.98 bits per heavy atom. The third-order valence-electron chi connectivity index (χ3n) is 8.08. The van der Waals surface area contributed by atoms with Crippen molar-refractivity contribution < 1.29 is 0 Å². The van der Waals surface area contributed by atoms with Crippen LogP contribution < -0.4 is 0 Å². The second-order valence-corrected chi connectivity index (χ2v) is 10.3. The molecule has 0 aliphatic heterocycles. The van der Waals surface area contributed by atoms with Gasteiger partial charge in [-0.25, -0.2) is 9.97 Å². The lowest BCUT2D eigenvalue weighted by atomic mass is 10.0. The summed E-state index contributed by atoms with van der Waals surface area (Å²) in [6.07, 6.45) is 0. The summed E-state index contributed by atoms with van der Waals surface area (Å²) in [6.45, 7) is 0. The van der Waals surface area contributed by atoms with E-state index in [2.05, 4.69) is 136 Å². The van der Waals surface area contributed by atoms with Crippen LogP contribution in [-0.4, -0.2) is 18.9 Å². The molecule has 4 heterocycles. The van der Waals surface area contributed by atoms with Crippen LogP contribution in [0.3, 0.4) is 0 Å². The predicted molar refractivity (Wildman–Crippen MR) is 165 cm³/mol. The zero-order valence-electron chi connectivity index (χ0n) is 21.5. The van der Waals surface area contributed by atoms with Crippen molar-refractivity contribution >= 4 is 60.2 Å². The minimum atomic E-state index is 0.908. The summed E-state index contributed by atoms with van der Waals surface area (Å²) in [5, 5.41) is 5.95. The third-order valence-corrected chi connectivity index (χ3v) is 8.08. The lowest BCUT2D eigenvalue weighted by Gasteiger charge is -2.12. The summed E-state index contributed by atoms with van der Waals surface area (Å²) in [5.41, 5.74) is 8.62. The van der Waals surface area contributed by atoms with Gasteiger partial charge in [0.2, 0.25) is 0 Å². The van der Waals surface area contributed by atoms with E-state index in [-0.39, 0.29) is 0 Å². The number of nitrogens with zero attached hydrogens (tertiary/aromatic N) is 4. The molecule has 0 saturated carbocycles. The summed E-state index contributed by atoms with van der Waals surface area (Å²) < 4.78 is 4.63. The Labute approximate surface area is 229 Å². The van der Waals surface area contributed by atoms with Crippen molar-refractivity contribution in [2.75, 3.05) is 0 Å². The SMILES string of the molecule is c1ccc(-c2cccc(-n3c4ccccc4c4cc5c(cc43)c3ccccc3c3nc4ccccc4n53)n2)cc1. The second-order valence-electron chi connectivity index (χ2n) is 10.3. The van der Waals surface area contributed by atoms with E-state index in [0.29, 0.717) is 0 Å². The standard InChI is InChI=1S/C36H22N4/c1-2-11-23(12-3-1)29-17-10-20-35(37-29)39-31-18-8-6-14-25(31)28-22-34-27(21-33(28)39)24-13-4-5-15-26(24)36-38-30-16-7-9-19-32(30)40(34)36/h1-22H. The van der Waals surface area contributed by atoms with Gasteiger partial charge in [0.15, 0.2) is 0 Å². The molecular formula is C36H22N4. The van der Waals surface area contributed by atoms with E-state index in [1.165, 1.54) is 21.5 Å². The summed E-state index contributed by atoms with van der Waals surface area (Å²) in [6, 6.07) is 47.0. The van der Waals surface area contributed by atoms with Crippen molar-refractivity contribution in [1.82, 2.24) is 18.9 Å². The Bertz CT molecular complexity index is 2430. The zero-order valence-corrected chi connectivity index (χ0v) is 21.5. The Hall–Kier alpha value is -5.48. The predicted octanol–water partition coefficient (Wildman–Crippen LogP) is 8.95. The molecular weight excluding hydrogens is 488 g/mol. The van der Waals surface area contributed by atoms with E-state index in [1.807, 2.05) is 6.07 Å². The number of para-hydroxylation sites is 3. The molecule has 5 aromatic carbocycles. The van der Waals surface area contributed by atoms with Gasteiger partial charge in [0.05, 0.1) is 33.3 Å². The highest BCUT2D eigenvalue weighted by Crippen LogP contribution is 2.39. The molecule has 0 unspecified atom stereocenters. The molecule has 0 aliphatic carbocycles. The molecule has 0 fully saturated rings. The van der Waals surface area contributed by atoms with Crippen LogP contribution in [0.4, 0.5) is 0 Å². The van der Waals surface area contributed by atoms with Crippen LogP contribution in [-0.2, 0) is 0 Å². The molecule has 0 amide bonds. The number of rotatable bonds is 2. The smallest absolute Gasteiger partial charge is 0.146 e. The molecule has 9 rings (SSSR count). The van der Waals surface area contributed by atoms with E-state index in [4.69, 9.17) is 9.97 Å². The van der Waals surface area contributed by atoms with Gasteiger partial charge in [-0.05, 0) is 47.9 Å². The van der Waals surface area contributed by atoms with Crippen LogP contribution >= 0.6 is 0 Å². The van der Waals surface area contributed by atoms with Crippen molar-refractivity contribution in [1.29, 1.82) is 0 Å². The van der Waals surface area contributed by atoms with Gasteiger partial charge in [-0.3, -0.25) is 8.97 Å². The first-order chi connectivity index (χ1) is 19.8. The largest absolute Gasteiger partial charge is 0.294 e. The first-order valence-electron chi connectivity index (χ1n) is 13.5. The first kappa shape index (κ1) is 21.5. The van der Waals surface area contributed by atoms with Gasteiger partial charge in [-0.2, -0.15) is 0 Å². The average molecular weight is 511 g/mol. The van der Waals surface area contributed by atoms with Gasteiger partial charge in [0.1, 0.15) is 11.5 Å². The van der Waals surface area contributed by atoms with Gasteiger partial charge in [0, 0.05) is 27.1 Å². The Morgan fingerprint density at radius 2 is 1.10 bits per heavy atom. The maximum absolute atomic E-state index is 5.16. The molecule has 0 aliphatic rings. The van der Waals surface area contributed by atoms with Gasteiger partial charge in [0.25, 0.3) is 0 Å². The summed E-state index contributed by atoms with van der Waals surface area (Å²) in [7, 11) is 0. The molecule has 0 N–H and O–H groups in total. The van der Waals surface area contributed by atoms with Crippen molar-refractivity contribution in [3.63, 3.8) is 0 Å². The molecule has 0 atom stereocenters. The fourth-order valence-corrected chi connectivity index (χ4v) is 6.33. The molecule has 9 aromatic rings. The maximum Gasteiger partial charge on any atom is 0.146 e. The number of imidazole rings is 1. The number of hydrogen-bond donors (Lipinski definition) is 0. The normalized spacial score (nSPS) is 12.0. The highest BCUT2D eigenvalue weighted by atomic mass is 15.1. The van der Waals surface area contributed by atoms with E-state index >= 15 is 0 Å². The molecule has 4 aromatic heterocycles. The summed E-state index contributed by atoms with van der Waals surface area (Å²) in [4.78, 5) is 10.2. The molecule has 0 spiro atoms. The van der Waals surface area contributed by atoms with Crippen LogP contribution in [0.1, 0.15) is 0 Å². The lowest BCUT2D eigenvalue weighted by Crippen LogP contribution is -1.99. The van der Waals surface area contributed by atoms with Crippen molar-refractivity contribution in [3.8, 4) is 17.1 Å². The lowest BCUT2D eigenvalue weighted by molar-refractivity contribution is 1.08. The number of pyridine rings is 2. The summed E-state index contributed by atoms with van der Waals surface area (Å²) in [5.74, 6) is 0.908. The Balaban J connectivity index is 1.46. The molecule has 0 saturated heterocycles. The second kappa shape index (κ2) is 8.01. The molecule has 4 heteroatoms. The molecule has 0 radical (unpaired) electrons. The quantitative estimate of drug-likeness (QED) is 0.218. The minimum absolute atomic E-state index is 0.908. The van der Waals surface area contributed by atoms with Gasteiger partial charge < -0.3 is 0 Å². The zero-order chi connectivity index (χ0) is 26.2. The Morgan fingerprint density at radius 1 is 0.425 bits per heavy atom. The van der Waals surface area contributed by atoms with E-state index < -0.39 is 0 Å². The van der Waals surface area contributed by atoms with Crippen LogP contribution in [0.5, 0.6) is 0 Å². The van der Waals surface area contributed by atoms with Crippen LogP contribution in [0.25, 0.3) is 77.2 Å².